The van der Waals surface area contributed by atoms with Gasteiger partial charge in [-0.3, -0.25) is 4.21 Å². The highest BCUT2D eigenvalue weighted by atomic mass is 32.2. The van der Waals surface area contributed by atoms with E-state index in [9.17, 15) is 4.21 Å². The Morgan fingerprint density at radius 2 is 2.12 bits per heavy atom. The Morgan fingerprint density at radius 1 is 1.35 bits per heavy atom. The van der Waals surface area contributed by atoms with Gasteiger partial charge in [-0.15, -0.1) is 0 Å². The van der Waals surface area contributed by atoms with Gasteiger partial charge in [-0.2, -0.15) is 0 Å². The van der Waals surface area contributed by atoms with Gasteiger partial charge in [-0.05, 0) is 30.5 Å². The van der Waals surface area contributed by atoms with Gasteiger partial charge in [0.05, 0.1) is 5.25 Å². The Balaban J connectivity index is 2.32. The van der Waals surface area contributed by atoms with Crippen LogP contribution in [0.2, 0.25) is 0 Å². The Kier molecular flexibility index (Phi) is 4.35. The highest BCUT2D eigenvalue weighted by molar-refractivity contribution is 7.85. The van der Waals surface area contributed by atoms with Crippen LogP contribution in [-0.2, 0) is 17.2 Å². The van der Waals surface area contributed by atoms with Gasteiger partial charge in [0.15, 0.2) is 0 Å². The van der Waals surface area contributed by atoms with E-state index >= 15 is 0 Å². The van der Waals surface area contributed by atoms with Crippen LogP contribution in [0.15, 0.2) is 24.3 Å². The largest absolute Gasteiger partial charge is 0.309 e. The van der Waals surface area contributed by atoms with Crippen molar-refractivity contribution in [3.05, 3.63) is 35.4 Å². The molecule has 1 aromatic rings. The lowest BCUT2D eigenvalue weighted by atomic mass is 9.87. The van der Waals surface area contributed by atoms with Gasteiger partial charge in [-0.25, -0.2) is 0 Å². The summed E-state index contributed by atoms with van der Waals surface area (Å²) in [4.78, 5) is 0. The topological polar surface area (TPSA) is 29.1 Å². The van der Waals surface area contributed by atoms with Gasteiger partial charge < -0.3 is 5.32 Å². The van der Waals surface area contributed by atoms with Gasteiger partial charge in [0, 0.05) is 22.6 Å². The standard InChI is InChI=1S/C14H21NOS/c1-3-15-14-12-8-6-5-7-11(12)9-10-13(14)17(16)4-2/h5-8,13-15H,3-4,9-10H2,1-2H3. The first-order valence-electron chi connectivity index (χ1n) is 6.46. The summed E-state index contributed by atoms with van der Waals surface area (Å²) >= 11 is 0. The monoisotopic (exact) mass is 251 g/mol. The normalized spacial score (nSPS) is 25.3. The van der Waals surface area contributed by atoms with Gasteiger partial charge in [0.1, 0.15) is 0 Å². The van der Waals surface area contributed by atoms with Crippen LogP contribution in [0.3, 0.4) is 0 Å². The zero-order valence-electron chi connectivity index (χ0n) is 10.6. The van der Waals surface area contributed by atoms with Crippen molar-refractivity contribution < 1.29 is 4.21 Å². The van der Waals surface area contributed by atoms with Crippen molar-refractivity contribution in [2.24, 2.45) is 0 Å². The predicted octanol–water partition coefficient (Wildman–Crippen LogP) is 2.42. The van der Waals surface area contributed by atoms with Gasteiger partial charge in [0.25, 0.3) is 0 Å². The van der Waals surface area contributed by atoms with Gasteiger partial charge in [0.2, 0.25) is 0 Å². The smallest absolute Gasteiger partial charge is 0.0546 e. The third kappa shape index (κ3) is 2.61. The molecule has 0 bridgehead atoms. The lowest BCUT2D eigenvalue weighted by molar-refractivity contribution is 0.474. The number of benzene rings is 1. The fourth-order valence-corrected chi connectivity index (χ4v) is 4.04. The van der Waals surface area contributed by atoms with E-state index in [0.29, 0.717) is 0 Å². The average molecular weight is 251 g/mol. The minimum absolute atomic E-state index is 0.269. The Bertz CT molecular complexity index is 405. The summed E-state index contributed by atoms with van der Waals surface area (Å²) in [5.74, 6) is 0.759. The molecule has 1 aliphatic carbocycles. The molecule has 3 heteroatoms. The van der Waals surface area contributed by atoms with Crippen LogP contribution < -0.4 is 5.32 Å². The lowest BCUT2D eigenvalue weighted by Crippen LogP contribution is -2.39. The van der Waals surface area contributed by atoms with Crippen LogP contribution in [0.4, 0.5) is 0 Å². The van der Waals surface area contributed by atoms with Crippen molar-refractivity contribution >= 4 is 10.8 Å². The fourth-order valence-electron chi connectivity index (χ4n) is 2.69. The molecule has 0 aliphatic heterocycles. The van der Waals surface area contributed by atoms with Crippen LogP contribution in [-0.4, -0.2) is 21.8 Å². The zero-order valence-corrected chi connectivity index (χ0v) is 11.4. The van der Waals surface area contributed by atoms with Crippen LogP contribution in [0.5, 0.6) is 0 Å². The molecule has 2 nitrogen and oxygen atoms in total. The molecule has 1 N–H and O–H groups in total. The van der Waals surface area contributed by atoms with E-state index in [1.165, 1.54) is 11.1 Å². The Hall–Kier alpha value is -0.670. The highest BCUT2D eigenvalue weighted by Crippen LogP contribution is 2.32. The van der Waals surface area contributed by atoms with E-state index in [1.54, 1.807) is 0 Å². The van der Waals surface area contributed by atoms with Crippen LogP contribution >= 0.6 is 0 Å². The molecule has 0 fully saturated rings. The molecule has 0 saturated carbocycles. The minimum atomic E-state index is -0.715. The van der Waals surface area contributed by atoms with Gasteiger partial charge >= 0.3 is 0 Å². The molecule has 0 saturated heterocycles. The Labute approximate surface area is 106 Å². The summed E-state index contributed by atoms with van der Waals surface area (Å²) in [6, 6.07) is 8.83. The molecule has 0 heterocycles. The molecular formula is C14H21NOS. The first-order valence-corrected chi connectivity index (χ1v) is 7.84. The second-order valence-electron chi connectivity index (χ2n) is 4.48. The molecule has 1 aromatic carbocycles. The van der Waals surface area contributed by atoms with Crippen LogP contribution in [0, 0.1) is 0 Å². The van der Waals surface area contributed by atoms with Crippen molar-refractivity contribution in [2.45, 2.75) is 38.0 Å². The quantitative estimate of drug-likeness (QED) is 0.890. The molecule has 0 spiro atoms. The third-order valence-electron chi connectivity index (χ3n) is 3.51. The first-order chi connectivity index (χ1) is 8.27. The fraction of sp³-hybridized carbons (Fsp3) is 0.571. The van der Waals surface area contributed by atoms with Crippen molar-refractivity contribution in [3.63, 3.8) is 0 Å². The average Bonchev–Trinajstić information content (AvgIpc) is 2.38. The van der Waals surface area contributed by atoms with Crippen molar-refractivity contribution in [2.75, 3.05) is 12.3 Å². The minimum Gasteiger partial charge on any atom is -0.309 e. The molecule has 17 heavy (non-hydrogen) atoms. The molecule has 2 rings (SSSR count). The summed E-state index contributed by atoms with van der Waals surface area (Å²) in [7, 11) is -0.715. The second-order valence-corrected chi connectivity index (χ2v) is 6.43. The molecular weight excluding hydrogens is 230 g/mol. The maximum absolute atomic E-state index is 12.1. The number of fused-ring (bicyclic) bond motifs is 1. The molecule has 94 valence electrons. The summed E-state index contributed by atoms with van der Waals surface area (Å²) in [5, 5.41) is 3.79. The summed E-state index contributed by atoms with van der Waals surface area (Å²) < 4.78 is 12.1. The Morgan fingerprint density at radius 3 is 2.82 bits per heavy atom. The van der Waals surface area contributed by atoms with Crippen molar-refractivity contribution in [1.82, 2.24) is 5.32 Å². The van der Waals surface area contributed by atoms with Gasteiger partial charge in [-0.1, -0.05) is 38.1 Å². The number of hydrogen-bond acceptors (Lipinski definition) is 2. The molecule has 1 aliphatic rings. The van der Waals surface area contributed by atoms with E-state index in [0.717, 1.165) is 25.1 Å². The highest BCUT2D eigenvalue weighted by Gasteiger charge is 2.31. The SMILES string of the molecule is CCNC1c2ccccc2CCC1S(=O)CC. The van der Waals surface area contributed by atoms with E-state index in [4.69, 9.17) is 0 Å². The second kappa shape index (κ2) is 5.78. The summed E-state index contributed by atoms with van der Waals surface area (Å²) in [5.41, 5.74) is 2.77. The van der Waals surface area contributed by atoms with Crippen molar-refractivity contribution in [1.29, 1.82) is 0 Å². The van der Waals surface area contributed by atoms with Crippen LogP contribution in [0.25, 0.3) is 0 Å². The summed E-state index contributed by atoms with van der Waals surface area (Å²) in [6.45, 7) is 5.05. The number of hydrogen-bond donors (Lipinski definition) is 1. The molecule has 0 radical (unpaired) electrons. The third-order valence-corrected chi connectivity index (χ3v) is 5.26. The lowest BCUT2D eigenvalue weighted by Gasteiger charge is -2.33. The van der Waals surface area contributed by atoms with E-state index in [1.807, 2.05) is 6.92 Å². The number of aryl methyl sites for hydroxylation is 1. The van der Waals surface area contributed by atoms with Crippen molar-refractivity contribution in [3.8, 4) is 0 Å². The predicted molar refractivity (Wildman–Crippen MR) is 73.7 cm³/mol. The first kappa shape index (κ1) is 12.8. The van der Waals surface area contributed by atoms with E-state index in [-0.39, 0.29) is 11.3 Å². The molecule has 0 aromatic heterocycles. The zero-order chi connectivity index (χ0) is 12.3. The van der Waals surface area contributed by atoms with E-state index < -0.39 is 10.8 Å². The summed E-state index contributed by atoms with van der Waals surface area (Å²) in [6.07, 6.45) is 2.10. The van der Waals surface area contributed by atoms with Crippen LogP contribution in [0.1, 0.15) is 37.4 Å². The molecule has 3 unspecified atom stereocenters. The molecule has 3 atom stereocenters. The maximum atomic E-state index is 12.1. The number of nitrogens with one attached hydrogen (secondary N) is 1. The molecule has 0 amide bonds. The van der Waals surface area contributed by atoms with E-state index in [2.05, 4.69) is 36.5 Å². The maximum Gasteiger partial charge on any atom is 0.0546 e. The number of rotatable bonds is 4.